The van der Waals surface area contributed by atoms with E-state index in [-0.39, 0.29) is 5.82 Å². The zero-order valence-electron chi connectivity index (χ0n) is 16.9. The van der Waals surface area contributed by atoms with Crippen LogP contribution in [0.4, 0.5) is 4.39 Å². The molecule has 0 saturated carbocycles. The first-order valence-corrected chi connectivity index (χ1v) is 9.94. The Morgan fingerprint density at radius 2 is 1.50 bits per heavy atom. The fraction of sp³-hybridized carbons (Fsp3) is 0.154. The van der Waals surface area contributed by atoms with Gasteiger partial charge in [0.15, 0.2) is 0 Å². The summed E-state index contributed by atoms with van der Waals surface area (Å²) in [5.74, 6) is 1.44. The van der Waals surface area contributed by atoms with Crippen molar-refractivity contribution in [2.24, 2.45) is 0 Å². The van der Waals surface area contributed by atoms with Crippen molar-refractivity contribution in [3.8, 4) is 11.5 Å². The molecule has 0 unspecified atom stereocenters. The minimum Gasteiger partial charge on any atom is -0.497 e. The molecule has 0 bridgehead atoms. The Morgan fingerprint density at radius 1 is 0.767 bits per heavy atom. The third-order valence-corrected chi connectivity index (χ3v) is 5.10. The maximum absolute atomic E-state index is 13.2. The van der Waals surface area contributed by atoms with Crippen LogP contribution in [0.15, 0.2) is 84.9 Å². The van der Waals surface area contributed by atoms with Gasteiger partial charge in [0, 0.05) is 18.7 Å². The summed E-state index contributed by atoms with van der Waals surface area (Å²) in [6.45, 7) is 1.81. The van der Waals surface area contributed by atoms with E-state index in [1.54, 1.807) is 19.2 Å². The standard InChI is InChI=1S/C26H24FNO2/c1-29-23-13-8-19(9-14-23)16-28-17-25-24-5-3-2-4-21(24)10-15-26(25)30-18-20-6-11-22(27)12-7-20/h2-15,28H,16-18H2,1H3. The highest BCUT2D eigenvalue weighted by molar-refractivity contribution is 5.87. The first-order valence-electron chi connectivity index (χ1n) is 9.94. The minimum atomic E-state index is -0.243. The first kappa shape index (κ1) is 19.9. The van der Waals surface area contributed by atoms with Crippen molar-refractivity contribution >= 4 is 10.8 Å². The van der Waals surface area contributed by atoms with E-state index in [1.807, 2.05) is 30.3 Å². The molecule has 4 aromatic rings. The maximum Gasteiger partial charge on any atom is 0.124 e. The van der Waals surface area contributed by atoms with Gasteiger partial charge in [0.25, 0.3) is 0 Å². The van der Waals surface area contributed by atoms with Crippen molar-refractivity contribution < 1.29 is 13.9 Å². The lowest BCUT2D eigenvalue weighted by molar-refractivity contribution is 0.302. The van der Waals surface area contributed by atoms with Crippen molar-refractivity contribution in [3.05, 3.63) is 107 Å². The second-order valence-electron chi connectivity index (χ2n) is 7.13. The van der Waals surface area contributed by atoms with E-state index in [9.17, 15) is 4.39 Å². The van der Waals surface area contributed by atoms with Crippen LogP contribution in [0, 0.1) is 5.82 Å². The van der Waals surface area contributed by atoms with E-state index in [0.717, 1.165) is 34.6 Å². The van der Waals surface area contributed by atoms with E-state index in [2.05, 4.69) is 35.6 Å². The Balaban J connectivity index is 1.51. The number of ether oxygens (including phenoxy) is 2. The molecular weight excluding hydrogens is 377 g/mol. The normalized spacial score (nSPS) is 10.9. The molecule has 0 amide bonds. The summed E-state index contributed by atoms with van der Waals surface area (Å²) in [6, 6.07) is 26.8. The van der Waals surface area contributed by atoms with Crippen molar-refractivity contribution in [2.45, 2.75) is 19.7 Å². The van der Waals surface area contributed by atoms with E-state index >= 15 is 0 Å². The van der Waals surface area contributed by atoms with Crippen LogP contribution in [-0.4, -0.2) is 7.11 Å². The van der Waals surface area contributed by atoms with Gasteiger partial charge >= 0.3 is 0 Å². The summed E-state index contributed by atoms with van der Waals surface area (Å²) >= 11 is 0. The molecule has 30 heavy (non-hydrogen) atoms. The number of methoxy groups -OCH3 is 1. The topological polar surface area (TPSA) is 30.5 Å². The maximum atomic E-state index is 13.2. The largest absolute Gasteiger partial charge is 0.497 e. The van der Waals surface area contributed by atoms with Gasteiger partial charge in [0.2, 0.25) is 0 Å². The molecule has 0 fully saturated rings. The average Bonchev–Trinajstić information content (AvgIpc) is 2.80. The van der Waals surface area contributed by atoms with Crippen LogP contribution in [-0.2, 0) is 19.7 Å². The lowest BCUT2D eigenvalue weighted by Gasteiger charge is -2.15. The van der Waals surface area contributed by atoms with Crippen LogP contribution in [0.2, 0.25) is 0 Å². The quantitative estimate of drug-likeness (QED) is 0.401. The number of hydrogen-bond acceptors (Lipinski definition) is 3. The molecule has 0 aliphatic rings. The molecule has 0 spiro atoms. The summed E-state index contributed by atoms with van der Waals surface area (Å²) in [5.41, 5.74) is 3.23. The summed E-state index contributed by atoms with van der Waals surface area (Å²) in [7, 11) is 1.67. The zero-order valence-corrected chi connectivity index (χ0v) is 16.9. The van der Waals surface area contributed by atoms with Crippen LogP contribution in [0.5, 0.6) is 11.5 Å². The minimum absolute atomic E-state index is 0.243. The van der Waals surface area contributed by atoms with Crippen LogP contribution in [0.25, 0.3) is 10.8 Å². The first-order chi connectivity index (χ1) is 14.7. The number of fused-ring (bicyclic) bond motifs is 1. The molecule has 152 valence electrons. The molecule has 1 N–H and O–H groups in total. The van der Waals surface area contributed by atoms with Crippen molar-refractivity contribution in [3.63, 3.8) is 0 Å². The predicted octanol–water partition coefficient (Wildman–Crippen LogP) is 5.86. The highest BCUT2D eigenvalue weighted by Gasteiger charge is 2.09. The molecule has 0 aliphatic carbocycles. The number of halogens is 1. The van der Waals surface area contributed by atoms with Gasteiger partial charge in [0.05, 0.1) is 7.11 Å². The monoisotopic (exact) mass is 401 g/mol. The van der Waals surface area contributed by atoms with Gasteiger partial charge in [-0.15, -0.1) is 0 Å². The van der Waals surface area contributed by atoms with Gasteiger partial charge in [-0.1, -0.05) is 54.6 Å². The lowest BCUT2D eigenvalue weighted by atomic mass is 10.0. The Hall–Kier alpha value is -3.37. The highest BCUT2D eigenvalue weighted by atomic mass is 19.1. The molecule has 4 rings (SSSR count). The molecule has 0 atom stereocenters. The Labute approximate surface area is 176 Å². The van der Waals surface area contributed by atoms with Crippen molar-refractivity contribution in [2.75, 3.05) is 7.11 Å². The average molecular weight is 401 g/mol. The SMILES string of the molecule is COc1ccc(CNCc2c(OCc3ccc(F)cc3)ccc3ccccc23)cc1. The number of benzene rings is 4. The Morgan fingerprint density at radius 3 is 2.27 bits per heavy atom. The van der Waals surface area contributed by atoms with Crippen LogP contribution < -0.4 is 14.8 Å². The van der Waals surface area contributed by atoms with E-state index in [4.69, 9.17) is 9.47 Å². The Kier molecular flexibility index (Phi) is 6.26. The molecule has 3 nitrogen and oxygen atoms in total. The number of rotatable bonds is 8. The zero-order chi connectivity index (χ0) is 20.8. The molecule has 4 heteroatoms. The van der Waals surface area contributed by atoms with Crippen molar-refractivity contribution in [1.29, 1.82) is 0 Å². The van der Waals surface area contributed by atoms with E-state index in [0.29, 0.717) is 13.2 Å². The second-order valence-corrected chi connectivity index (χ2v) is 7.13. The fourth-order valence-corrected chi connectivity index (χ4v) is 3.45. The molecule has 0 aromatic heterocycles. The summed E-state index contributed by atoms with van der Waals surface area (Å²) in [4.78, 5) is 0. The number of nitrogens with one attached hydrogen (secondary N) is 1. The third-order valence-electron chi connectivity index (χ3n) is 5.10. The van der Waals surface area contributed by atoms with E-state index < -0.39 is 0 Å². The van der Waals surface area contributed by atoms with Gasteiger partial charge in [-0.25, -0.2) is 4.39 Å². The molecule has 0 heterocycles. The van der Waals surface area contributed by atoms with Gasteiger partial charge < -0.3 is 14.8 Å². The predicted molar refractivity (Wildman–Crippen MR) is 118 cm³/mol. The molecule has 0 aliphatic heterocycles. The lowest BCUT2D eigenvalue weighted by Crippen LogP contribution is -2.14. The second kappa shape index (κ2) is 9.42. The van der Waals surface area contributed by atoms with Gasteiger partial charge in [-0.05, 0) is 52.2 Å². The third kappa shape index (κ3) is 4.78. The fourth-order valence-electron chi connectivity index (χ4n) is 3.45. The van der Waals surface area contributed by atoms with E-state index in [1.165, 1.54) is 23.1 Å². The van der Waals surface area contributed by atoms with Gasteiger partial charge in [-0.2, -0.15) is 0 Å². The Bertz CT molecular complexity index is 1110. The molecular formula is C26H24FNO2. The van der Waals surface area contributed by atoms with Crippen LogP contribution in [0.3, 0.4) is 0 Å². The van der Waals surface area contributed by atoms with Crippen LogP contribution in [0.1, 0.15) is 16.7 Å². The summed E-state index contributed by atoms with van der Waals surface area (Å²) in [5, 5.41) is 5.86. The molecule has 0 saturated heterocycles. The summed E-state index contributed by atoms with van der Waals surface area (Å²) < 4.78 is 24.5. The van der Waals surface area contributed by atoms with Crippen LogP contribution >= 0.6 is 0 Å². The van der Waals surface area contributed by atoms with Crippen molar-refractivity contribution in [1.82, 2.24) is 5.32 Å². The smallest absolute Gasteiger partial charge is 0.124 e. The molecule has 4 aromatic carbocycles. The summed E-state index contributed by atoms with van der Waals surface area (Å²) in [6.07, 6.45) is 0. The van der Waals surface area contributed by atoms with Gasteiger partial charge in [0.1, 0.15) is 23.9 Å². The highest BCUT2D eigenvalue weighted by Crippen LogP contribution is 2.29. The molecule has 0 radical (unpaired) electrons. The van der Waals surface area contributed by atoms with Gasteiger partial charge in [-0.3, -0.25) is 0 Å². The number of hydrogen-bond donors (Lipinski definition) is 1.